The van der Waals surface area contributed by atoms with Crippen molar-refractivity contribution in [1.29, 1.82) is 0 Å². The maximum absolute atomic E-state index is 12.0. The number of benzene rings is 1. The third-order valence-corrected chi connectivity index (χ3v) is 5.46. The molecule has 3 N–H and O–H groups in total. The van der Waals surface area contributed by atoms with Crippen LogP contribution in [0.4, 0.5) is 11.4 Å². The van der Waals surface area contributed by atoms with Crippen LogP contribution in [0.5, 0.6) is 0 Å². The smallest absolute Gasteiger partial charge is 0.238 e. The highest BCUT2D eigenvalue weighted by Crippen LogP contribution is 2.20. The van der Waals surface area contributed by atoms with Gasteiger partial charge >= 0.3 is 0 Å². The standard InChI is InChI=1S/C14H21N3O3S/c1-10-3-4-13(12(15)7-10)16-14(18)8-17(2)11-5-6-21(19,20)9-11/h3-4,7,11H,5-6,8-9,15H2,1-2H3,(H,16,18). The Hall–Kier alpha value is -1.60. The zero-order chi connectivity index (χ0) is 15.6. The second-order valence-corrected chi connectivity index (χ2v) is 7.84. The number of hydrogen-bond donors (Lipinski definition) is 2. The number of hydrogen-bond acceptors (Lipinski definition) is 5. The molecule has 1 saturated heterocycles. The number of carbonyl (C=O) groups excluding carboxylic acids is 1. The summed E-state index contributed by atoms with van der Waals surface area (Å²) in [6.45, 7) is 2.07. The second-order valence-electron chi connectivity index (χ2n) is 5.61. The largest absolute Gasteiger partial charge is 0.397 e. The number of nitrogens with zero attached hydrogens (tertiary/aromatic N) is 1. The van der Waals surface area contributed by atoms with E-state index in [2.05, 4.69) is 5.32 Å². The van der Waals surface area contributed by atoms with Crippen molar-refractivity contribution in [3.8, 4) is 0 Å². The molecule has 7 heteroatoms. The van der Waals surface area contributed by atoms with Crippen molar-refractivity contribution in [2.75, 3.05) is 36.1 Å². The molecule has 0 bridgehead atoms. The summed E-state index contributed by atoms with van der Waals surface area (Å²) in [5.74, 6) is 0.134. The van der Waals surface area contributed by atoms with Crippen LogP contribution in [0.3, 0.4) is 0 Å². The van der Waals surface area contributed by atoms with E-state index < -0.39 is 9.84 Å². The number of likely N-dealkylation sites (N-methyl/N-ethyl adjacent to an activating group) is 1. The van der Waals surface area contributed by atoms with Crippen LogP contribution in [0.2, 0.25) is 0 Å². The van der Waals surface area contributed by atoms with E-state index in [4.69, 9.17) is 5.73 Å². The minimum Gasteiger partial charge on any atom is -0.397 e. The van der Waals surface area contributed by atoms with E-state index in [1.54, 1.807) is 24.1 Å². The van der Waals surface area contributed by atoms with Crippen molar-refractivity contribution in [2.45, 2.75) is 19.4 Å². The number of nitrogens with two attached hydrogens (primary N) is 1. The number of anilines is 2. The van der Waals surface area contributed by atoms with Gasteiger partial charge in [0.15, 0.2) is 9.84 Å². The van der Waals surface area contributed by atoms with Gasteiger partial charge in [-0.1, -0.05) is 6.07 Å². The molecule has 0 aliphatic carbocycles. The normalized spacial score (nSPS) is 20.6. The van der Waals surface area contributed by atoms with Crippen LogP contribution >= 0.6 is 0 Å². The van der Waals surface area contributed by atoms with Crippen molar-refractivity contribution in [3.63, 3.8) is 0 Å². The number of aryl methyl sites for hydroxylation is 1. The molecule has 0 radical (unpaired) electrons. The summed E-state index contributed by atoms with van der Waals surface area (Å²) in [6, 6.07) is 5.35. The van der Waals surface area contributed by atoms with Gasteiger partial charge in [0, 0.05) is 6.04 Å². The lowest BCUT2D eigenvalue weighted by Crippen LogP contribution is -2.38. The molecule has 1 aromatic rings. The number of carbonyl (C=O) groups is 1. The van der Waals surface area contributed by atoms with Crippen LogP contribution in [0.25, 0.3) is 0 Å². The van der Waals surface area contributed by atoms with Gasteiger partial charge in [-0.15, -0.1) is 0 Å². The van der Waals surface area contributed by atoms with Gasteiger partial charge in [-0.05, 0) is 38.1 Å². The number of amides is 1. The Labute approximate surface area is 125 Å². The molecule has 1 aliphatic heterocycles. The summed E-state index contributed by atoms with van der Waals surface area (Å²) in [5, 5.41) is 2.76. The number of nitrogens with one attached hydrogen (secondary N) is 1. The lowest BCUT2D eigenvalue weighted by molar-refractivity contribution is -0.117. The fraction of sp³-hybridized carbons (Fsp3) is 0.500. The first-order chi connectivity index (χ1) is 9.77. The first kappa shape index (κ1) is 15.8. The fourth-order valence-electron chi connectivity index (χ4n) is 2.46. The van der Waals surface area contributed by atoms with Crippen molar-refractivity contribution in [2.24, 2.45) is 0 Å². The molecular formula is C14H21N3O3S. The van der Waals surface area contributed by atoms with E-state index in [1.165, 1.54) is 0 Å². The van der Waals surface area contributed by atoms with Gasteiger partial charge in [0.1, 0.15) is 0 Å². The SMILES string of the molecule is Cc1ccc(NC(=O)CN(C)C2CCS(=O)(=O)C2)c(N)c1. The van der Waals surface area contributed by atoms with Crippen molar-refractivity contribution in [1.82, 2.24) is 4.90 Å². The quantitative estimate of drug-likeness (QED) is 0.796. The Balaban J connectivity index is 1.92. The first-order valence-corrected chi connectivity index (χ1v) is 8.65. The van der Waals surface area contributed by atoms with Crippen molar-refractivity contribution in [3.05, 3.63) is 23.8 Å². The topological polar surface area (TPSA) is 92.5 Å². The Morgan fingerprint density at radius 1 is 1.48 bits per heavy atom. The summed E-state index contributed by atoms with van der Waals surface area (Å²) in [4.78, 5) is 13.8. The molecule has 116 valence electrons. The Kier molecular flexibility index (Phi) is 4.53. The summed E-state index contributed by atoms with van der Waals surface area (Å²) < 4.78 is 22.9. The number of nitrogen functional groups attached to an aromatic ring is 1. The van der Waals surface area contributed by atoms with Crippen LogP contribution in [0.1, 0.15) is 12.0 Å². The van der Waals surface area contributed by atoms with E-state index in [0.29, 0.717) is 17.8 Å². The molecular weight excluding hydrogens is 290 g/mol. The van der Waals surface area contributed by atoms with Crippen LogP contribution in [-0.2, 0) is 14.6 Å². The van der Waals surface area contributed by atoms with Crippen LogP contribution in [0.15, 0.2) is 18.2 Å². The van der Waals surface area contributed by atoms with Crippen LogP contribution in [-0.4, -0.2) is 50.4 Å². The molecule has 2 rings (SSSR count). The highest BCUT2D eigenvalue weighted by atomic mass is 32.2. The van der Waals surface area contributed by atoms with Gasteiger partial charge in [0.05, 0.1) is 29.4 Å². The zero-order valence-electron chi connectivity index (χ0n) is 12.3. The molecule has 1 aliphatic rings. The average Bonchev–Trinajstić information content (AvgIpc) is 2.73. The third kappa shape index (κ3) is 4.18. The van der Waals surface area contributed by atoms with Crippen LogP contribution < -0.4 is 11.1 Å². The highest BCUT2D eigenvalue weighted by Gasteiger charge is 2.31. The van der Waals surface area contributed by atoms with Gasteiger partial charge in [-0.2, -0.15) is 0 Å². The highest BCUT2D eigenvalue weighted by molar-refractivity contribution is 7.91. The summed E-state index contributed by atoms with van der Waals surface area (Å²) in [5.41, 5.74) is 7.98. The maximum atomic E-state index is 12.0. The van der Waals surface area contributed by atoms with Gasteiger partial charge in [-0.3, -0.25) is 9.69 Å². The van der Waals surface area contributed by atoms with Gasteiger partial charge in [0.25, 0.3) is 0 Å². The molecule has 1 atom stereocenters. The van der Waals surface area contributed by atoms with E-state index in [1.807, 2.05) is 13.0 Å². The maximum Gasteiger partial charge on any atom is 0.238 e. The Morgan fingerprint density at radius 2 is 2.19 bits per heavy atom. The zero-order valence-corrected chi connectivity index (χ0v) is 13.1. The molecule has 0 spiro atoms. The molecule has 1 fully saturated rings. The summed E-state index contributed by atoms with van der Waals surface area (Å²) in [6.07, 6.45) is 0.582. The van der Waals surface area contributed by atoms with E-state index in [-0.39, 0.29) is 30.0 Å². The molecule has 1 heterocycles. The number of sulfone groups is 1. The first-order valence-electron chi connectivity index (χ1n) is 6.83. The Bertz CT molecular complexity index is 643. The number of rotatable bonds is 4. The monoisotopic (exact) mass is 311 g/mol. The summed E-state index contributed by atoms with van der Waals surface area (Å²) in [7, 11) is -1.17. The molecule has 0 aromatic heterocycles. The fourth-order valence-corrected chi connectivity index (χ4v) is 4.27. The van der Waals surface area contributed by atoms with Gasteiger partial charge in [-0.25, -0.2) is 8.42 Å². The molecule has 21 heavy (non-hydrogen) atoms. The predicted molar refractivity (Wildman–Crippen MR) is 83.9 cm³/mol. The molecule has 1 aromatic carbocycles. The second kappa shape index (κ2) is 6.03. The lowest BCUT2D eigenvalue weighted by Gasteiger charge is -2.22. The van der Waals surface area contributed by atoms with Crippen molar-refractivity contribution >= 4 is 27.1 Å². The molecule has 6 nitrogen and oxygen atoms in total. The third-order valence-electron chi connectivity index (χ3n) is 3.71. The van der Waals surface area contributed by atoms with Crippen LogP contribution in [0, 0.1) is 6.92 Å². The lowest BCUT2D eigenvalue weighted by atomic mass is 10.2. The van der Waals surface area contributed by atoms with Gasteiger partial charge < -0.3 is 11.1 Å². The average molecular weight is 311 g/mol. The molecule has 0 saturated carbocycles. The molecule has 1 amide bonds. The van der Waals surface area contributed by atoms with E-state index in [0.717, 1.165) is 5.56 Å². The van der Waals surface area contributed by atoms with E-state index >= 15 is 0 Å². The van der Waals surface area contributed by atoms with Gasteiger partial charge in [0.2, 0.25) is 5.91 Å². The minimum atomic E-state index is -2.94. The molecule has 1 unspecified atom stereocenters. The van der Waals surface area contributed by atoms with E-state index in [9.17, 15) is 13.2 Å². The van der Waals surface area contributed by atoms with Crippen molar-refractivity contribution < 1.29 is 13.2 Å². The predicted octanol–water partition coefficient (Wildman–Crippen LogP) is 0.635. The summed E-state index contributed by atoms with van der Waals surface area (Å²) >= 11 is 0. The Morgan fingerprint density at radius 3 is 2.76 bits per heavy atom. The minimum absolute atomic E-state index is 0.0869.